The van der Waals surface area contributed by atoms with Crippen LogP contribution in [0.4, 0.5) is 0 Å². The Morgan fingerprint density at radius 1 is 1.29 bits per heavy atom. The molecule has 0 atom stereocenters. The van der Waals surface area contributed by atoms with Gasteiger partial charge in [0.1, 0.15) is 0 Å². The van der Waals surface area contributed by atoms with Gasteiger partial charge in [0, 0.05) is 26.1 Å². The van der Waals surface area contributed by atoms with Crippen molar-refractivity contribution in [3.05, 3.63) is 0 Å². The minimum Gasteiger partial charge on any atom is -0.384 e. The van der Waals surface area contributed by atoms with E-state index in [9.17, 15) is 9.59 Å². The molecule has 6 nitrogen and oxygen atoms in total. The van der Waals surface area contributed by atoms with Gasteiger partial charge in [-0.05, 0) is 45.2 Å². The van der Waals surface area contributed by atoms with E-state index in [0.29, 0.717) is 32.0 Å². The number of methoxy groups -OCH3 is 1. The quantitative estimate of drug-likeness (QED) is 0.558. The molecule has 21 heavy (non-hydrogen) atoms. The highest BCUT2D eigenvalue weighted by Gasteiger charge is 2.39. The van der Waals surface area contributed by atoms with E-state index >= 15 is 0 Å². The molecular weight excluding hydrogens is 270 g/mol. The highest BCUT2D eigenvalue weighted by molar-refractivity contribution is 5.83. The molecule has 0 aromatic heterocycles. The van der Waals surface area contributed by atoms with Crippen molar-refractivity contribution >= 4 is 11.8 Å². The zero-order chi connectivity index (χ0) is 15.1. The fourth-order valence-electron chi connectivity index (χ4n) is 2.78. The summed E-state index contributed by atoms with van der Waals surface area (Å²) >= 11 is 0. The monoisotopic (exact) mass is 297 g/mol. The Hall–Kier alpha value is -1.14. The van der Waals surface area contributed by atoms with Crippen molar-refractivity contribution in [3.63, 3.8) is 0 Å². The van der Waals surface area contributed by atoms with Gasteiger partial charge in [-0.1, -0.05) is 0 Å². The van der Waals surface area contributed by atoms with Crippen LogP contribution in [0.3, 0.4) is 0 Å². The van der Waals surface area contributed by atoms with Crippen LogP contribution in [0.2, 0.25) is 0 Å². The van der Waals surface area contributed by atoms with Crippen LogP contribution < -0.4 is 16.0 Å². The van der Waals surface area contributed by atoms with Gasteiger partial charge in [0.15, 0.2) is 0 Å². The third-order valence-corrected chi connectivity index (χ3v) is 4.27. The Kier molecular flexibility index (Phi) is 5.99. The molecule has 1 heterocycles. The van der Waals surface area contributed by atoms with Gasteiger partial charge >= 0.3 is 0 Å². The summed E-state index contributed by atoms with van der Waals surface area (Å²) in [7, 11) is 1.64. The summed E-state index contributed by atoms with van der Waals surface area (Å²) in [6.07, 6.45) is 4.98. The molecule has 1 aliphatic heterocycles. The van der Waals surface area contributed by atoms with Crippen LogP contribution in [0, 0.1) is 5.41 Å². The normalized spacial score (nSPS) is 20.8. The molecule has 2 aliphatic rings. The van der Waals surface area contributed by atoms with Crippen molar-refractivity contribution in [1.82, 2.24) is 16.0 Å². The molecule has 1 saturated carbocycles. The zero-order valence-electron chi connectivity index (χ0n) is 12.9. The fraction of sp³-hybridized carbons (Fsp3) is 0.867. The smallest absolute Gasteiger partial charge is 0.228 e. The van der Waals surface area contributed by atoms with E-state index in [1.807, 2.05) is 0 Å². The Bertz CT molecular complexity index is 358. The molecule has 2 fully saturated rings. The lowest BCUT2D eigenvalue weighted by Gasteiger charge is -2.35. The number of ether oxygens (including phenoxy) is 1. The summed E-state index contributed by atoms with van der Waals surface area (Å²) in [6, 6.07) is 0.409. The molecule has 0 aromatic rings. The SMILES string of the molecule is COCC1(C(=O)NCCCC(=O)NC2CC2)CCNCC1. The number of hydrogen-bond acceptors (Lipinski definition) is 4. The van der Waals surface area contributed by atoms with Crippen molar-refractivity contribution in [2.45, 2.75) is 44.6 Å². The first-order chi connectivity index (χ1) is 10.2. The summed E-state index contributed by atoms with van der Waals surface area (Å²) in [5.74, 6) is 0.161. The highest BCUT2D eigenvalue weighted by atomic mass is 16.5. The second-order valence-electron chi connectivity index (χ2n) is 6.16. The lowest BCUT2D eigenvalue weighted by molar-refractivity contribution is -0.136. The maximum atomic E-state index is 12.4. The maximum Gasteiger partial charge on any atom is 0.228 e. The minimum atomic E-state index is -0.406. The number of hydrogen-bond donors (Lipinski definition) is 3. The number of nitrogens with one attached hydrogen (secondary N) is 3. The van der Waals surface area contributed by atoms with Crippen LogP contribution >= 0.6 is 0 Å². The molecule has 3 N–H and O–H groups in total. The molecule has 2 amide bonds. The van der Waals surface area contributed by atoms with Crippen molar-refractivity contribution in [3.8, 4) is 0 Å². The first kappa shape index (κ1) is 16.2. The van der Waals surface area contributed by atoms with E-state index in [1.54, 1.807) is 7.11 Å². The Morgan fingerprint density at radius 2 is 2.00 bits per heavy atom. The van der Waals surface area contributed by atoms with E-state index in [-0.39, 0.29) is 11.8 Å². The van der Waals surface area contributed by atoms with E-state index < -0.39 is 5.41 Å². The lowest BCUT2D eigenvalue weighted by Crippen LogP contribution is -2.50. The molecule has 0 unspecified atom stereocenters. The van der Waals surface area contributed by atoms with E-state index in [4.69, 9.17) is 4.74 Å². The largest absolute Gasteiger partial charge is 0.384 e. The van der Waals surface area contributed by atoms with Gasteiger partial charge in [-0.15, -0.1) is 0 Å². The molecule has 120 valence electrons. The summed E-state index contributed by atoms with van der Waals surface area (Å²) in [4.78, 5) is 24.0. The fourth-order valence-corrected chi connectivity index (χ4v) is 2.78. The predicted molar refractivity (Wildman–Crippen MR) is 79.8 cm³/mol. The van der Waals surface area contributed by atoms with Crippen molar-refractivity contribution < 1.29 is 14.3 Å². The van der Waals surface area contributed by atoms with Gasteiger partial charge in [-0.2, -0.15) is 0 Å². The molecule has 1 saturated heterocycles. The first-order valence-electron chi connectivity index (χ1n) is 7.94. The first-order valence-corrected chi connectivity index (χ1v) is 7.94. The van der Waals surface area contributed by atoms with Crippen molar-refractivity contribution in [2.24, 2.45) is 5.41 Å². The van der Waals surface area contributed by atoms with Gasteiger partial charge < -0.3 is 20.7 Å². The molecule has 0 spiro atoms. The Labute approximate surface area is 126 Å². The van der Waals surface area contributed by atoms with Gasteiger partial charge in [0.2, 0.25) is 11.8 Å². The minimum absolute atomic E-state index is 0.0634. The van der Waals surface area contributed by atoms with Crippen LogP contribution in [-0.4, -0.2) is 51.2 Å². The second-order valence-corrected chi connectivity index (χ2v) is 6.16. The number of carbonyl (C=O) groups is 2. The molecule has 2 rings (SSSR count). The molecule has 6 heteroatoms. The van der Waals surface area contributed by atoms with Crippen LogP contribution in [-0.2, 0) is 14.3 Å². The summed E-state index contributed by atoms with van der Waals surface area (Å²) < 4.78 is 5.25. The summed E-state index contributed by atoms with van der Waals surface area (Å²) in [5.41, 5.74) is -0.406. The average molecular weight is 297 g/mol. The summed E-state index contributed by atoms with van der Waals surface area (Å²) in [5, 5.41) is 9.20. The van der Waals surface area contributed by atoms with Crippen LogP contribution in [0.5, 0.6) is 0 Å². The molecule has 1 aliphatic carbocycles. The van der Waals surface area contributed by atoms with Gasteiger partial charge in [0.25, 0.3) is 0 Å². The Morgan fingerprint density at radius 3 is 2.62 bits per heavy atom. The van der Waals surface area contributed by atoms with E-state index in [1.165, 1.54) is 0 Å². The predicted octanol–water partition coefficient (Wildman–Crippen LogP) is 0.178. The van der Waals surface area contributed by atoms with Gasteiger partial charge in [-0.3, -0.25) is 9.59 Å². The third-order valence-electron chi connectivity index (χ3n) is 4.27. The van der Waals surface area contributed by atoms with Gasteiger partial charge in [-0.25, -0.2) is 0 Å². The van der Waals surface area contributed by atoms with Crippen LogP contribution in [0.15, 0.2) is 0 Å². The number of amides is 2. The number of rotatable bonds is 8. The summed E-state index contributed by atoms with van der Waals surface area (Å²) in [6.45, 7) is 2.71. The van der Waals surface area contributed by atoms with Crippen molar-refractivity contribution in [1.29, 1.82) is 0 Å². The number of carbonyl (C=O) groups excluding carboxylic acids is 2. The van der Waals surface area contributed by atoms with Crippen LogP contribution in [0.25, 0.3) is 0 Å². The maximum absolute atomic E-state index is 12.4. The zero-order valence-corrected chi connectivity index (χ0v) is 12.9. The average Bonchev–Trinajstić information content (AvgIpc) is 3.28. The molecule has 0 radical (unpaired) electrons. The molecule has 0 aromatic carbocycles. The van der Waals surface area contributed by atoms with E-state index in [0.717, 1.165) is 38.8 Å². The Balaban J connectivity index is 1.67. The molecular formula is C15H27N3O3. The lowest BCUT2D eigenvalue weighted by atomic mass is 9.78. The van der Waals surface area contributed by atoms with Crippen molar-refractivity contribution in [2.75, 3.05) is 33.4 Å². The third kappa shape index (κ3) is 4.97. The van der Waals surface area contributed by atoms with E-state index in [2.05, 4.69) is 16.0 Å². The second kappa shape index (κ2) is 7.75. The van der Waals surface area contributed by atoms with Crippen LogP contribution in [0.1, 0.15) is 38.5 Å². The van der Waals surface area contributed by atoms with Gasteiger partial charge in [0.05, 0.1) is 12.0 Å². The molecule has 0 bridgehead atoms. The highest BCUT2D eigenvalue weighted by Crippen LogP contribution is 2.29. The number of piperidine rings is 1. The standard InChI is InChI=1S/C15H27N3O3/c1-21-11-15(6-9-16-10-7-15)14(20)17-8-2-3-13(19)18-12-4-5-12/h12,16H,2-11H2,1H3,(H,17,20)(H,18,19). The topological polar surface area (TPSA) is 79.5 Å².